The van der Waals surface area contributed by atoms with Crippen LogP contribution in [0.1, 0.15) is 38.5 Å². The Hall–Kier alpha value is -0.610. The molecule has 4 nitrogen and oxygen atoms in total. The number of ether oxygens (including phenoxy) is 3. The van der Waals surface area contributed by atoms with Gasteiger partial charge in [0.15, 0.2) is 0 Å². The van der Waals surface area contributed by atoms with E-state index in [4.69, 9.17) is 14.2 Å². The van der Waals surface area contributed by atoms with Crippen molar-refractivity contribution in [3.05, 3.63) is 0 Å². The summed E-state index contributed by atoms with van der Waals surface area (Å²) in [5, 5.41) is 0. The van der Waals surface area contributed by atoms with Crippen molar-refractivity contribution in [1.82, 2.24) is 0 Å². The van der Waals surface area contributed by atoms with Gasteiger partial charge in [-0.2, -0.15) is 0 Å². The molecule has 6 rings (SSSR count). The van der Waals surface area contributed by atoms with E-state index in [1.165, 1.54) is 6.42 Å². The van der Waals surface area contributed by atoms with Crippen LogP contribution in [0.3, 0.4) is 0 Å². The predicted molar refractivity (Wildman–Crippen MR) is 67.9 cm³/mol. The first kappa shape index (κ1) is 11.0. The zero-order valence-corrected chi connectivity index (χ0v) is 11.6. The van der Waals surface area contributed by atoms with Gasteiger partial charge in [-0.1, -0.05) is 0 Å². The van der Waals surface area contributed by atoms with E-state index in [0.717, 1.165) is 45.3 Å². The summed E-state index contributed by atoms with van der Waals surface area (Å²) in [6.45, 7) is 1.79. The largest absolute Gasteiger partial charge is 0.461 e. The molecule has 0 N–H and O–H groups in total. The monoisotopic (exact) mass is 276 g/mol. The average Bonchev–Trinajstić information content (AvgIpc) is 3.26. The van der Waals surface area contributed by atoms with Crippen LogP contribution in [-0.2, 0) is 19.0 Å². The van der Waals surface area contributed by atoms with Gasteiger partial charge in [0.2, 0.25) is 0 Å². The van der Waals surface area contributed by atoms with Crippen LogP contribution in [0, 0.1) is 23.2 Å². The molecule has 3 saturated heterocycles. The quantitative estimate of drug-likeness (QED) is 0.499. The van der Waals surface area contributed by atoms with Gasteiger partial charge in [0, 0.05) is 11.8 Å². The lowest BCUT2D eigenvalue weighted by molar-refractivity contribution is -0.148. The highest BCUT2D eigenvalue weighted by Gasteiger charge is 2.76. The summed E-state index contributed by atoms with van der Waals surface area (Å²) in [5.41, 5.74) is 0.0544. The van der Waals surface area contributed by atoms with Crippen LogP contribution in [0.25, 0.3) is 0 Å². The summed E-state index contributed by atoms with van der Waals surface area (Å²) in [6.07, 6.45) is 6.78. The molecular formula is C16H20O4. The Kier molecular flexibility index (Phi) is 1.63. The van der Waals surface area contributed by atoms with Crippen molar-refractivity contribution in [2.45, 2.75) is 55.8 Å². The molecule has 0 radical (unpaired) electrons. The predicted octanol–water partition coefficient (Wildman–Crippen LogP) is 1.67. The van der Waals surface area contributed by atoms with Gasteiger partial charge in [-0.15, -0.1) is 0 Å². The molecule has 3 aliphatic carbocycles. The Morgan fingerprint density at radius 1 is 0.900 bits per heavy atom. The summed E-state index contributed by atoms with van der Waals surface area (Å²) < 4.78 is 17.8. The van der Waals surface area contributed by atoms with Gasteiger partial charge in [0.25, 0.3) is 0 Å². The first-order chi connectivity index (χ1) is 9.69. The number of hydrogen-bond donors (Lipinski definition) is 0. The molecule has 3 aliphatic heterocycles. The minimum absolute atomic E-state index is 0.0393. The van der Waals surface area contributed by atoms with Crippen LogP contribution in [0.2, 0.25) is 0 Å². The van der Waals surface area contributed by atoms with E-state index in [2.05, 4.69) is 0 Å². The van der Waals surface area contributed by atoms with Crippen molar-refractivity contribution in [2.24, 2.45) is 23.2 Å². The smallest absolute Gasteiger partial charge is 0.312 e. The lowest BCUT2D eigenvalue weighted by Gasteiger charge is -2.30. The fourth-order valence-electron chi connectivity index (χ4n) is 5.96. The zero-order chi connectivity index (χ0) is 13.2. The molecule has 20 heavy (non-hydrogen) atoms. The number of hydrogen-bond acceptors (Lipinski definition) is 4. The molecule has 0 bridgehead atoms. The molecule has 6 fully saturated rings. The normalized spacial score (nSPS) is 60.3. The Bertz CT molecular complexity index is 515. The maximum absolute atomic E-state index is 12.3. The molecule has 3 spiro atoms. The Morgan fingerprint density at radius 2 is 1.55 bits per heavy atom. The van der Waals surface area contributed by atoms with Crippen molar-refractivity contribution < 1.29 is 19.0 Å². The van der Waals surface area contributed by atoms with Gasteiger partial charge in [0.1, 0.15) is 6.10 Å². The number of rotatable bonds is 0. The molecule has 0 amide bonds. The number of fused-ring (bicyclic) bond motifs is 6. The van der Waals surface area contributed by atoms with Gasteiger partial charge in [-0.3, -0.25) is 4.79 Å². The molecule has 3 saturated carbocycles. The first-order valence-electron chi connectivity index (χ1n) is 8.18. The molecule has 6 aliphatic rings. The first-order valence-corrected chi connectivity index (χ1v) is 8.18. The Labute approximate surface area is 118 Å². The summed E-state index contributed by atoms with van der Waals surface area (Å²) >= 11 is 0. The molecule has 0 aromatic heterocycles. The molecule has 1 unspecified atom stereocenters. The van der Waals surface area contributed by atoms with Crippen molar-refractivity contribution in [1.29, 1.82) is 0 Å². The molecule has 3 heterocycles. The second kappa shape index (κ2) is 2.95. The third kappa shape index (κ3) is 1.06. The van der Waals surface area contributed by atoms with Crippen molar-refractivity contribution >= 4 is 5.97 Å². The molecule has 4 heteroatoms. The second-order valence-corrected chi connectivity index (χ2v) is 8.05. The fraction of sp³-hybridized carbons (Fsp3) is 0.938. The van der Waals surface area contributed by atoms with Crippen LogP contribution in [0.5, 0.6) is 0 Å². The van der Waals surface area contributed by atoms with E-state index in [9.17, 15) is 4.79 Å². The van der Waals surface area contributed by atoms with E-state index in [0.29, 0.717) is 17.8 Å². The van der Waals surface area contributed by atoms with E-state index in [1.807, 2.05) is 0 Å². The maximum Gasteiger partial charge on any atom is 0.312 e. The topological polar surface area (TPSA) is 51.4 Å². The molecule has 6 atom stereocenters. The fourth-order valence-corrected chi connectivity index (χ4v) is 5.96. The lowest BCUT2D eigenvalue weighted by atomic mass is 9.75. The van der Waals surface area contributed by atoms with Gasteiger partial charge in [-0.05, 0) is 44.4 Å². The van der Waals surface area contributed by atoms with Crippen LogP contribution in [0.15, 0.2) is 0 Å². The van der Waals surface area contributed by atoms with E-state index in [1.54, 1.807) is 0 Å². The number of carbonyl (C=O) groups is 1. The highest BCUT2D eigenvalue weighted by molar-refractivity contribution is 5.82. The summed E-state index contributed by atoms with van der Waals surface area (Å²) in [4.78, 5) is 12.3. The molecule has 0 aromatic rings. The van der Waals surface area contributed by atoms with Gasteiger partial charge in [0.05, 0.1) is 29.8 Å². The highest BCUT2D eigenvalue weighted by atomic mass is 16.6. The van der Waals surface area contributed by atoms with Gasteiger partial charge < -0.3 is 14.2 Å². The van der Waals surface area contributed by atoms with Crippen LogP contribution in [-0.4, -0.2) is 36.5 Å². The number of carbonyl (C=O) groups excluding carboxylic acids is 1. The highest BCUT2D eigenvalue weighted by Crippen LogP contribution is 2.69. The standard InChI is InChI=1S/C16H20O4/c17-13-14(5-6-14)10-2-3-15(7-18-15)9-1-4-16(8-19-16)11(9)12(10)20-13/h9-12H,1-8H2/t9-,10-,11+,12+,15?,16-/m1/s1. The summed E-state index contributed by atoms with van der Waals surface area (Å²) in [6, 6.07) is 0. The van der Waals surface area contributed by atoms with Crippen molar-refractivity contribution in [2.75, 3.05) is 13.2 Å². The van der Waals surface area contributed by atoms with Gasteiger partial charge >= 0.3 is 5.97 Å². The van der Waals surface area contributed by atoms with Crippen LogP contribution >= 0.6 is 0 Å². The third-order valence-electron chi connectivity index (χ3n) is 7.40. The maximum atomic E-state index is 12.3. The summed E-state index contributed by atoms with van der Waals surface area (Å²) in [7, 11) is 0. The van der Waals surface area contributed by atoms with Crippen molar-refractivity contribution in [3.8, 4) is 0 Å². The minimum atomic E-state index is -0.103. The molecule has 0 aromatic carbocycles. The van der Waals surface area contributed by atoms with E-state index in [-0.39, 0.29) is 28.7 Å². The Balaban J connectivity index is 1.47. The lowest BCUT2D eigenvalue weighted by Crippen LogP contribution is -2.40. The number of esters is 1. The Morgan fingerprint density at radius 3 is 2.20 bits per heavy atom. The average molecular weight is 276 g/mol. The van der Waals surface area contributed by atoms with E-state index >= 15 is 0 Å². The van der Waals surface area contributed by atoms with Crippen LogP contribution < -0.4 is 0 Å². The number of epoxide rings is 2. The molecule has 108 valence electrons. The zero-order valence-electron chi connectivity index (χ0n) is 11.6. The SMILES string of the molecule is O=C1O[C@@H]2[C@@H]3[C@@H](CC[C@@]34CO4)C3(CC[C@H]2C12CC2)CO3. The van der Waals surface area contributed by atoms with Gasteiger partial charge in [-0.25, -0.2) is 0 Å². The van der Waals surface area contributed by atoms with Crippen molar-refractivity contribution in [3.63, 3.8) is 0 Å². The van der Waals surface area contributed by atoms with E-state index < -0.39 is 0 Å². The molecular weight excluding hydrogens is 256 g/mol. The third-order valence-corrected chi connectivity index (χ3v) is 7.40. The second-order valence-electron chi connectivity index (χ2n) is 8.05. The summed E-state index contributed by atoms with van der Waals surface area (Å²) in [5.74, 6) is 1.50. The van der Waals surface area contributed by atoms with Crippen LogP contribution in [0.4, 0.5) is 0 Å². The minimum Gasteiger partial charge on any atom is -0.461 e.